The highest BCUT2D eigenvalue weighted by atomic mass is 35.5. The molecular weight excluding hydrogens is 386 g/mol. The van der Waals surface area contributed by atoms with Crippen molar-refractivity contribution in [2.45, 2.75) is 26.8 Å². The van der Waals surface area contributed by atoms with E-state index in [1.165, 1.54) is 0 Å². The van der Waals surface area contributed by atoms with Crippen LogP contribution in [0.15, 0.2) is 48.5 Å². The van der Waals surface area contributed by atoms with Crippen molar-refractivity contribution in [3.63, 3.8) is 0 Å². The van der Waals surface area contributed by atoms with Crippen molar-refractivity contribution in [2.24, 2.45) is 0 Å². The number of para-hydroxylation sites is 2. The van der Waals surface area contributed by atoms with E-state index in [-0.39, 0.29) is 12.5 Å². The van der Waals surface area contributed by atoms with Crippen molar-refractivity contribution in [2.75, 3.05) is 45.2 Å². The highest BCUT2D eigenvalue weighted by molar-refractivity contribution is 6.34. The maximum Gasteiger partial charge on any atom is 0.245 e. The van der Waals surface area contributed by atoms with Crippen LogP contribution >= 0.6 is 11.6 Å². The molecule has 0 radical (unpaired) electrons. The van der Waals surface area contributed by atoms with Crippen LogP contribution in [0.1, 0.15) is 19.4 Å². The Morgan fingerprint density at radius 1 is 1.07 bits per heavy atom. The molecule has 1 N–H and O–H groups in total. The number of hydrogen-bond acceptors (Lipinski definition) is 4. The lowest BCUT2D eigenvalue weighted by molar-refractivity contribution is -0.121. The number of ether oxygens (including phenoxy) is 1. The average Bonchev–Trinajstić information content (AvgIpc) is 2.72. The van der Waals surface area contributed by atoms with E-state index in [9.17, 15) is 4.79 Å². The molecule has 1 atom stereocenters. The van der Waals surface area contributed by atoms with Gasteiger partial charge in [0.25, 0.3) is 0 Å². The summed E-state index contributed by atoms with van der Waals surface area (Å²) in [6.45, 7) is 10.1. The molecule has 0 saturated carbocycles. The van der Waals surface area contributed by atoms with Gasteiger partial charge in [0, 0.05) is 13.1 Å². The highest BCUT2D eigenvalue weighted by Crippen LogP contribution is 2.25. The molecule has 6 heteroatoms. The molecular formula is C23H32ClN3O2. The molecule has 0 bridgehead atoms. The number of nitrogens with one attached hydrogen (secondary N) is 1. The molecule has 2 aromatic carbocycles. The van der Waals surface area contributed by atoms with E-state index in [0.29, 0.717) is 10.7 Å². The lowest BCUT2D eigenvalue weighted by Crippen LogP contribution is -2.48. The number of likely N-dealkylation sites (N-methyl/N-ethyl adjacent to an activating group) is 2. The summed E-state index contributed by atoms with van der Waals surface area (Å²) < 4.78 is 5.92. The first kappa shape index (κ1) is 23.2. The molecule has 0 aromatic heterocycles. The summed E-state index contributed by atoms with van der Waals surface area (Å²) in [7, 11) is 1.96. The van der Waals surface area contributed by atoms with Gasteiger partial charge in [0.1, 0.15) is 18.4 Å². The van der Waals surface area contributed by atoms with Crippen LogP contribution in [0.3, 0.4) is 0 Å². The van der Waals surface area contributed by atoms with Crippen LogP contribution in [0.2, 0.25) is 5.02 Å². The van der Waals surface area contributed by atoms with Crippen molar-refractivity contribution < 1.29 is 9.53 Å². The molecule has 0 aliphatic carbocycles. The Morgan fingerprint density at radius 3 is 2.38 bits per heavy atom. The van der Waals surface area contributed by atoms with Gasteiger partial charge in [0.05, 0.1) is 10.7 Å². The number of nitrogens with zero attached hydrogens (tertiary/aromatic N) is 2. The van der Waals surface area contributed by atoms with Gasteiger partial charge < -0.3 is 15.0 Å². The number of carbonyl (C=O) groups is 1. The topological polar surface area (TPSA) is 44.8 Å². The second-order valence-electron chi connectivity index (χ2n) is 7.07. The third kappa shape index (κ3) is 7.03. The number of rotatable bonds is 11. The van der Waals surface area contributed by atoms with E-state index < -0.39 is 6.04 Å². The first-order chi connectivity index (χ1) is 14.0. The van der Waals surface area contributed by atoms with Crippen molar-refractivity contribution in [3.05, 3.63) is 59.1 Å². The Bertz CT molecular complexity index is 746. The molecule has 0 saturated heterocycles. The van der Waals surface area contributed by atoms with Gasteiger partial charge in [0.15, 0.2) is 0 Å². The molecule has 0 fully saturated rings. The van der Waals surface area contributed by atoms with E-state index >= 15 is 0 Å². The fraction of sp³-hybridized carbons (Fsp3) is 0.435. The van der Waals surface area contributed by atoms with Crippen LogP contribution in [-0.2, 0) is 4.79 Å². The zero-order chi connectivity index (χ0) is 21.2. The smallest absolute Gasteiger partial charge is 0.245 e. The molecule has 0 heterocycles. The average molecular weight is 418 g/mol. The molecule has 2 aromatic rings. The van der Waals surface area contributed by atoms with E-state index in [2.05, 4.69) is 24.1 Å². The number of benzene rings is 2. The minimum absolute atomic E-state index is 0.126. The summed E-state index contributed by atoms with van der Waals surface area (Å²) in [6.07, 6.45) is 0. The quantitative estimate of drug-likeness (QED) is 0.591. The predicted octanol–water partition coefficient (Wildman–Crippen LogP) is 4.31. The van der Waals surface area contributed by atoms with Gasteiger partial charge in [-0.1, -0.05) is 55.8 Å². The van der Waals surface area contributed by atoms with Crippen molar-refractivity contribution in [1.29, 1.82) is 0 Å². The first-order valence-electron chi connectivity index (χ1n) is 10.1. The van der Waals surface area contributed by atoms with Gasteiger partial charge in [-0.25, -0.2) is 0 Å². The molecule has 0 spiro atoms. The lowest BCUT2D eigenvalue weighted by atomic mass is 10.1. The van der Waals surface area contributed by atoms with Crippen LogP contribution in [0, 0.1) is 6.92 Å². The molecule has 1 amide bonds. The summed E-state index contributed by atoms with van der Waals surface area (Å²) >= 11 is 6.30. The highest BCUT2D eigenvalue weighted by Gasteiger charge is 2.25. The lowest BCUT2D eigenvalue weighted by Gasteiger charge is -2.29. The maximum atomic E-state index is 13.2. The van der Waals surface area contributed by atoms with Crippen LogP contribution in [-0.4, -0.2) is 61.6 Å². The van der Waals surface area contributed by atoms with Crippen LogP contribution < -0.4 is 10.1 Å². The Kier molecular flexibility index (Phi) is 9.45. The third-order valence-electron chi connectivity index (χ3n) is 5.12. The van der Waals surface area contributed by atoms with Crippen molar-refractivity contribution in [3.8, 4) is 5.75 Å². The Labute approximate surface area is 179 Å². The fourth-order valence-electron chi connectivity index (χ4n) is 3.09. The second-order valence-corrected chi connectivity index (χ2v) is 7.48. The van der Waals surface area contributed by atoms with E-state index in [0.717, 1.165) is 37.5 Å². The summed E-state index contributed by atoms with van der Waals surface area (Å²) in [5.74, 6) is 0.621. The van der Waals surface area contributed by atoms with Crippen LogP contribution in [0.5, 0.6) is 5.75 Å². The summed E-state index contributed by atoms with van der Waals surface area (Å²) in [5.41, 5.74) is 1.58. The van der Waals surface area contributed by atoms with Gasteiger partial charge in [0.2, 0.25) is 5.91 Å². The van der Waals surface area contributed by atoms with Gasteiger partial charge in [-0.2, -0.15) is 0 Å². The summed E-state index contributed by atoms with van der Waals surface area (Å²) in [6, 6.07) is 14.7. The van der Waals surface area contributed by atoms with E-state index in [1.807, 2.05) is 61.3 Å². The third-order valence-corrected chi connectivity index (χ3v) is 5.43. The molecule has 158 valence electrons. The Balaban J connectivity index is 2.12. The largest absolute Gasteiger partial charge is 0.491 e. The van der Waals surface area contributed by atoms with E-state index in [1.54, 1.807) is 6.07 Å². The number of amides is 1. The molecule has 0 aliphatic rings. The maximum absolute atomic E-state index is 13.2. The first-order valence-corrected chi connectivity index (χ1v) is 10.5. The van der Waals surface area contributed by atoms with Gasteiger partial charge in [-0.05, 0) is 50.8 Å². The molecule has 5 nitrogen and oxygen atoms in total. The van der Waals surface area contributed by atoms with Crippen LogP contribution in [0.25, 0.3) is 0 Å². The van der Waals surface area contributed by atoms with E-state index in [4.69, 9.17) is 16.3 Å². The summed E-state index contributed by atoms with van der Waals surface area (Å²) in [4.78, 5) is 17.5. The summed E-state index contributed by atoms with van der Waals surface area (Å²) in [5, 5.41) is 3.54. The zero-order valence-electron chi connectivity index (χ0n) is 17.8. The number of carbonyl (C=O) groups excluding carboxylic acids is 1. The number of anilines is 1. The van der Waals surface area contributed by atoms with Gasteiger partial charge in [-0.15, -0.1) is 0 Å². The van der Waals surface area contributed by atoms with Gasteiger partial charge in [-0.3, -0.25) is 9.69 Å². The Morgan fingerprint density at radius 2 is 1.76 bits per heavy atom. The SMILES string of the molecule is CCN(CC)CCN(C)C(COc1ccccc1)C(=O)Nc1c(C)cccc1Cl. The number of halogens is 1. The zero-order valence-corrected chi connectivity index (χ0v) is 18.6. The molecule has 0 aliphatic heterocycles. The monoisotopic (exact) mass is 417 g/mol. The molecule has 1 unspecified atom stereocenters. The Hall–Kier alpha value is -2.08. The van der Waals surface area contributed by atoms with Crippen molar-refractivity contribution in [1.82, 2.24) is 9.80 Å². The number of hydrogen-bond donors (Lipinski definition) is 1. The predicted molar refractivity (Wildman–Crippen MR) is 121 cm³/mol. The number of aryl methyl sites for hydroxylation is 1. The van der Waals surface area contributed by atoms with Gasteiger partial charge >= 0.3 is 0 Å². The minimum Gasteiger partial charge on any atom is -0.491 e. The van der Waals surface area contributed by atoms with Crippen molar-refractivity contribution >= 4 is 23.2 Å². The standard InChI is InChI=1S/C23H32ClN3O2/c1-5-27(6-2)16-15-26(4)21(17-29-19-12-8-7-9-13-19)23(28)25-22-18(3)11-10-14-20(22)24/h7-14,21H,5-6,15-17H2,1-4H3,(H,25,28). The molecule has 2 rings (SSSR count). The normalized spacial score (nSPS) is 12.2. The minimum atomic E-state index is -0.443. The second kappa shape index (κ2) is 11.8. The molecule has 29 heavy (non-hydrogen) atoms. The van der Waals surface area contributed by atoms with Crippen LogP contribution in [0.4, 0.5) is 5.69 Å². The fourth-order valence-corrected chi connectivity index (χ4v) is 3.36.